The molecule has 22 heavy (non-hydrogen) atoms. The summed E-state index contributed by atoms with van der Waals surface area (Å²) in [6, 6.07) is 5.87. The average Bonchev–Trinajstić information content (AvgIpc) is 3.15. The minimum absolute atomic E-state index is 0.0560. The van der Waals surface area contributed by atoms with Crippen LogP contribution in [0.4, 0.5) is 4.39 Å². The molecule has 1 aromatic carbocycles. The number of nitrogens with one attached hydrogen (secondary N) is 2. The number of hydrogen-bond acceptors (Lipinski definition) is 3. The van der Waals surface area contributed by atoms with E-state index in [-0.39, 0.29) is 11.7 Å². The van der Waals surface area contributed by atoms with Crippen molar-refractivity contribution in [2.45, 2.75) is 5.92 Å². The average molecular weight is 293 g/mol. The molecule has 0 bridgehead atoms. The third kappa shape index (κ3) is 2.14. The predicted molar refractivity (Wildman–Crippen MR) is 81.7 cm³/mol. The molecule has 1 aliphatic rings. The van der Waals surface area contributed by atoms with Crippen LogP contribution in [0, 0.1) is 0 Å². The van der Waals surface area contributed by atoms with E-state index in [4.69, 9.17) is 0 Å². The predicted octanol–water partition coefficient (Wildman–Crippen LogP) is 3.41. The number of allylic oxidation sites excluding steroid dienone is 6. The van der Waals surface area contributed by atoms with Gasteiger partial charge in [-0.1, -0.05) is 18.2 Å². The summed E-state index contributed by atoms with van der Waals surface area (Å²) in [7, 11) is 0. The van der Waals surface area contributed by atoms with E-state index >= 15 is 0 Å². The Balaban J connectivity index is 1.82. The molecule has 1 unspecified atom stereocenters. The van der Waals surface area contributed by atoms with Crippen LogP contribution in [-0.4, -0.2) is 25.4 Å². The number of hydrogen-bond donors (Lipinski definition) is 2. The summed E-state index contributed by atoms with van der Waals surface area (Å²) >= 11 is 0. The summed E-state index contributed by atoms with van der Waals surface area (Å²) < 4.78 is 13.3. The van der Waals surface area contributed by atoms with Crippen LogP contribution in [0.5, 0.6) is 0 Å². The van der Waals surface area contributed by atoms with E-state index < -0.39 is 0 Å². The van der Waals surface area contributed by atoms with Gasteiger partial charge in [0, 0.05) is 16.9 Å². The SMILES string of the molecule is FC1=CC=CC(c2[nH]nc3ccc(-c4ncn[nH]4)cc23)C=C1. The van der Waals surface area contributed by atoms with Gasteiger partial charge in [0.15, 0.2) is 5.82 Å². The van der Waals surface area contributed by atoms with Crippen LogP contribution in [0.15, 0.2) is 60.7 Å². The van der Waals surface area contributed by atoms with E-state index in [1.165, 1.54) is 18.5 Å². The molecule has 0 saturated heterocycles. The van der Waals surface area contributed by atoms with Gasteiger partial charge in [-0.25, -0.2) is 9.37 Å². The molecule has 3 aromatic rings. The number of H-pyrrole nitrogens is 2. The van der Waals surface area contributed by atoms with Crippen molar-refractivity contribution in [2.75, 3.05) is 0 Å². The van der Waals surface area contributed by atoms with Gasteiger partial charge in [-0.2, -0.15) is 10.2 Å². The number of nitrogens with zero attached hydrogens (tertiary/aromatic N) is 3. The molecular formula is C16H12FN5. The Hall–Kier alpha value is -3.02. The molecule has 0 aliphatic heterocycles. The smallest absolute Gasteiger partial charge is 0.155 e. The van der Waals surface area contributed by atoms with Gasteiger partial charge >= 0.3 is 0 Å². The molecule has 0 radical (unpaired) electrons. The summed E-state index contributed by atoms with van der Waals surface area (Å²) in [6.45, 7) is 0. The minimum atomic E-state index is -0.259. The van der Waals surface area contributed by atoms with Crippen molar-refractivity contribution in [1.29, 1.82) is 0 Å². The minimum Gasteiger partial charge on any atom is -0.280 e. The first-order chi connectivity index (χ1) is 10.8. The molecule has 2 aromatic heterocycles. The maximum atomic E-state index is 13.3. The van der Waals surface area contributed by atoms with Crippen molar-refractivity contribution in [3.05, 3.63) is 66.4 Å². The fourth-order valence-corrected chi connectivity index (χ4v) is 2.55. The van der Waals surface area contributed by atoms with Crippen molar-refractivity contribution in [3.8, 4) is 11.4 Å². The van der Waals surface area contributed by atoms with Crippen LogP contribution in [0.3, 0.4) is 0 Å². The molecule has 0 spiro atoms. The van der Waals surface area contributed by atoms with Crippen LogP contribution in [0.1, 0.15) is 11.6 Å². The Morgan fingerprint density at radius 1 is 1.14 bits per heavy atom. The summed E-state index contributed by atoms with van der Waals surface area (Å²) in [5, 5.41) is 15.1. The van der Waals surface area contributed by atoms with Gasteiger partial charge in [0.2, 0.25) is 0 Å². The van der Waals surface area contributed by atoms with Gasteiger partial charge in [0.25, 0.3) is 0 Å². The summed E-state index contributed by atoms with van der Waals surface area (Å²) in [4.78, 5) is 4.16. The van der Waals surface area contributed by atoms with Crippen LogP contribution in [0.2, 0.25) is 0 Å². The summed E-state index contributed by atoms with van der Waals surface area (Å²) in [5.41, 5.74) is 2.71. The zero-order valence-corrected chi connectivity index (χ0v) is 11.5. The molecule has 0 saturated carbocycles. The second kappa shape index (κ2) is 5.07. The highest BCUT2D eigenvalue weighted by Gasteiger charge is 2.14. The zero-order chi connectivity index (χ0) is 14.9. The topological polar surface area (TPSA) is 70.2 Å². The zero-order valence-electron chi connectivity index (χ0n) is 11.5. The van der Waals surface area contributed by atoms with Crippen LogP contribution in [0.25, 0.3) is 22.3 Å². The summed E-state index contributed by atoms with van der Waals surface area (Å²) in [5.74, 6) is 0.387. The largest absolute Gasteiger partial charge is 0.280 e. The third-order valence-corrected chi connectivity index (χ3v) is 3.64. The van der Waals surface area contributed by atoms with Crippen molar-refractivity contribution < 1.29 is 4.39 Å². The molecule has 2 heterocycles. The number of rotatable bonds is 2. The van der Waals surface area contributed by atoms with Gasteiger partial charge in [-0.3, -0.25) is 10.2 Å². The Kier molecular flexibility index (Phi) is 2.93. The van der Waals surface area contributed by atoms with Crippen molar-refractivity contribution in [2.24, 2.45) is 0 Å². The van der Waals surface area contributed by atoms with Gasteiger partial charge in [0.05, 0.1) is 11.2 Å². The fraction of sp³-hybridized carbons (Fsp3) is 0.0625. The van der Waals surface area contributed by atoms with Crippen LogP contribution >= 0.6 is 0 Å². The monoisotopic (exact) mass is 293 g/mol. The number of aromatic amines is 2. The van der Waals surface area contributed by atoms with E-state index in [0.717, 1.165) is 22.2 Å². The first-order valence-electron chi connectivity index (χ1n) is 6.87. The second-order valence-electron chi connectivity index (χ2n) is 5.02. The maximum absolute atomic E-state index is 13.3. The Morgan fingerprint density at radius 3 is 2.95 bits per heavy atom. The normalized spacial score (nSPS) is 17.7. The number of halogens is 1. The Morgan fingerprint density at radius 2 is 2.09 bits per heavy atom. The molecule has 108 valence electrons. The van der Waals surface area contributed by atoms with Crippen molar-refractivity contribution in [1.82, 2.24) is 25.4 Å². The molecule has 2 N–H and O–H groups in total. The molecule has 1 atom stereocenters. The molecule has 0 amide bonds. The molecule has 6 heteroatoms. The molecule has 0 fully saturated rings. The second-order valence-corrected chi connectivity index (χ2v) is 5.02. The number of aromatic nitrogens is 5. The van der Waals surface area contributed by atoms with E-state index in [1.807, 2.05) is 30.4 Å². The maximum Gasteiger partial charge on any atom is 0.155 e. The third-order valence-electron chi connectivity index (χ3n) is 3.64. The van der Waals surface area contributed by atoms with Gasteiger partial charge in [-0.05, 0) is 30.4 Å². The van der Waals surface area contributed by atoms with Crippen molar-refractivity contribution >= 4 is 10.9 Å². The Bertz CT molecular complexity index is 902. The highest BCUT2D eigenvalue weighted by Crippen LogP contribution is 2.29. The lowest BCUT2D eigenvalue weighted by Gasteiger charge is -2.05. The fourth-order valence-electron chi connectivity index (χ4n) is 2.55. The highest BCUT2D eigenvalue weighted by atomic mass is 19.1. The van der Waals surface area contributed by atoms with Gasteiger partial charge in [-0.15, -0.1) is 0 Å². The molecule has 4 rings (SSSR count). The lowest BCUT2D eigenvalue weighted by Crippen LogP contribution is -1.92. The first-order valence-corrected chi connectivity index (χ1v) is 6.87. The summed E-state index contributed by atoms with van der Waals surface area (Å²) in [6.07, 6.45) is 9.83. The highest BCUT2D eigenvalue weighted by molar-refractivity contribution is 5.86. The molecule has 1 aliphatic carbocycles. The van der Waals surface area contributed by atoms with Gasteiger partial charge < -0.3 is 0 Å². The van der Waals surface area contributed by atoms with Crippen molar-refractivity contribution in [3.63, 3.8) is 0 Å². The van der Waals surface area contributed by atoms with E-state index in [0.29, 0.717) is 5.82 Å². The molecular weight excluding hydrogens is 281 g/mol. The van der Waals surface area contributed by atoms with E-state index in [9.17, 15) is 4.39 Å². The number of fused-ring (bicyclic) bond motifs is 1. The Labute approximate surface area is 125 Å². The van der Waals surface area contributed by atoms with E-state index in [1.54, 1.807) is 6.08 Å². The van der Waals surface area contributed by atoms with Crippen LogP contribution < -0.4 is 0 Å². The standard InChI is InChI=1S/C16H12FN5/c17-12-3-1-2-10(4-6-12)15-13-8-11(16-18-9-19-22-16)5-7-14(13)20-21-15/h1-10H,(H,20,21)(H,18,19,22). The molecule has 5 nitrogen and oxygen atoms in total. The lowest BCUT2D eigenvalue weighted by molar-refractivity contribution is 0.667. The van der Waals surface area contributed by atoms with Gasteiger partial charge in [0.1, 0.15) is 12.2 Å². The quantitative estimate of drug-likeness (QED) is 0.760. The lowest BCUT2D eigenvalue weighted by atomic mass is 10.00. The van der Waals surface area contributed by atoms with Crippen LogP contribution in [-0.2, 0) is 0 Å². The van der Waals surface area contributed by atoms with E-state index in [2.05, 4.69) is 25.4 Å². The number of benzene rings is 1. The first kappa shape index (κ1) is 12.7.